The highest BCUT2D eigenvalue weighted by Gasteiger charge is 2.51. The van der Waals surface area contributed by atoms with Gasteiger partial charge in [-0.2, -0.15) is 4.98 Å². The van der Waals surface area contributed by atoms with E-state index >= 15 is 0 Å². The van der Waals surface area contributed by atoms with Gasteiger partial charge in [0.1, 0.15) is 17.7 Å². The Labute approximate surface area is 213 Å². The Bertz CT molecular complexity index is 1110. The third-order valence-corrected chi connectivity index (χ3v) is 8.68. The van der Waals surface area contributed by atoms with Crippen LogP contribution in [0.4, 0.5) is 23.3 Å². The Morgan fingerprint density at radius 3 is 2.67 bits per heavy atom. The summed E-state index contributed by atoms with van der Waals surface area (Å²) in [5.74, 6) is 2.29. The van der Waals surface area contributed by atoms with Crippen LogP contribution < -0.4 is 20.4 Å². The number of anilines is 4. The number of nitrogens with one attached hydrogen (secondary N) is 2. The van der Waals surface area contributed by atoms with Crippen LogP contribution in [0.3, 0.4) is 0 Å². The fourth-order valence-corrected chi connectivity index (χ4v) is 6.84. The number of carbonyl (C=O) groups excluding carboxylic acids is 1. The number of carbonyl (C=O) groups is 1. The van der Waals surface area contributed by atoms with E-state index in [0.717, 1.165) is 55.4 Å². The van der Waals surface area contributed by atoms with E-state index in [9.17, 15) is 4.79 Å². The fourth-order valence-electron chi connectivity index (χ4n) is 6.84. The molecular formula is C27H38N8O. The summed E-state index contributed by atoms with van der Waals surface area (Å²) in [5.41, 5.74) is 2.18. The van der Waals surface area contributed by atoms with E-state index in [0.29, 0.717) is 31.0 Å². The molecule has 0 bridgehead atoms. The number of hydrogen-bond acceptors (Lipinski definition) is 8. The lowest BCUT2D eigenvalue weighted by Crippen LogP contribution is -2.67. The molecule has 9 heteroatoms. The van der Waals surface area contributed by atoms with Crippen LogP contribution >= 0.6 is 0 Å². The van der Waals surface area contributed by atoms with E-state index in [1.807, 2.05) is 18.5 Å². The van der Waals surface area contributed by atoms with Gasteiger partial charge in [0.2, 0.25) is 11.9 Å². The molecule has 3 aliphatic heterocycles. The van der Waals surface area contributed by atoms with E-state index in [1.165, 1.54) is 19.3 Å². The lowest BCUT2D eigenvalue weighted by molar-refractivity contribution is -0.124. The molecule has 6 rings (SSSR count). The largest absolute Gasteiger partial charge is 0.367 e. The minimum absolute atomic E-state index is 0.0235. The molecule has 2 N–H and O–H groups in total. The Hall–Kier alpha value is -2.94. The molecule has 0 radical (unpaired) electrons. The van der Waals surface area contributed by atoms with Crippen molar-refractivity contribution < 1.29 is 4.79 Å². The van der Waals surface area contributed by atoms with Gasteiger partial charge < -0.3 is 20.4 Å². The van der Waals surface area contributed by atoms with Crippen LogP contribution in [0.25, 0.3) is 0 Å². The SMILES string of the molecule is CC(C)N1CCN(c2ccc(Nc3ncc4c(n3)N3C(C4)C(=O)NCC34CCCCC4)nc2)C[C@H]1C. The first-order valence-corrected chi connectivity index (χ1v) is 13.6. The third kappa shape index (κ3) is 4.07. The van der Waals surface area contributed by atoms with Crippen molar-refractivity contribution in [2.75, 3.05) is 41.3 Å². The summed E-state index contributed by atoms with van der Waals surface area (Å²) >= 11 is 0. The molecule has 4 aliphatic rings. The van der Waals surface area contributed by atoms with Crippen molar-refractivity contribution in [1.29, 1.82) is 0 Å². The molecule has 192 valence electrons. The number of aromatic nitrogens is 3. The minimum atomic E-state index is -0.174. The normalized spacial score (nSPS) is 25.6. The second-order valence-electron chi connectivity index (χ2n) is 11.3. The van der Waals surface area contributed by atoms with Gasteiger partial charge in [-0.05, 0) is 45.7 Å². The molecule has 2 aromatic heterocycles. The number of hydrogen-bond donors (Lipinski definition) is 2. The van der Waals surface area contributed by atoms with Crippen LogP contribution in [0.5, 0.6) is 0 Å². The number of rotatable bonds is 4. The first kappa shape index (κ1) is 23.5. The van der Waals surface area contributed by atoms with Crippen LogP contribution in [0.15, 0.2) is 24.5 Å². The molecule has 0 aromatic carbocycles. The Morgan fingerprint density at radius 1 is 1.11 bits per heavy atom. The summed E-state index contributed by atoms with van der Waals surface area (Å²) in [6.07, 6.45) is 10.4. The highest BCUT2D eigenvalue weighted by atomic mass is 16.2. The van der Waals surface area contributed by atoms with Crippen molar-refractivity contribution in [3.63, 3.8) is 0 Å². The van der Waals surface area contributed by atoms with Gasteiger partial charge in [0.15, 0.2) is 0 Å². The maximum absolute atomic E-state index is 12.7. The highest BCUT2D eigenvalue weighted by Crippen LogP contribution is 2.44. The number of amides is 1. The quantitative estimate of drug-likeness (QED) is 0.676. The van der Waals surface area contributed by atoms with Gasteiger partial charge in [-0.1, -0.05) is 19.3 Å². The van der Waals surface area contributed by atoms with Gasteiger partial charge in [-0.25, -0.2) is 9.97 Å². The van der Waals surface area contributed by atoms with Crippen molar-refractivity contribution >= 4 is 29.2 Å². The fraction of sp³-hybridized carbons (Fsp3) is 0.630. The van der Waals surface area contributed by atoms with E-state index in [4.69, 9.17) is 4.98 Å². The van der Waals surface area contributed by atoms with E-state index in [-0.39, 0.29) is 17.5 Å². The molecular weight excluding hydrogens is 452 g/mol. The summed E-state index contributed by atoms with van der Waals surface area (Å²) in [6, 6.07) is 5.05. The van der Waals surface area contributed by atoms with Crippen LogP contribution in [-0.4, -0.2) is 75.6 Å². The van der Waals surface area contributed by atoms with E-state index in [1.54, 1.807) is 0 Å². The molecule has 2 saturated heterocycles. The Kier molecular flexibility index (Phi) is 5.98. The Morgan fingerprint density at radius 2 is 1.94 bits per heavy atom. The van der Waals surface area contributed by atoms with Gasteiger partial charge >= 0.3 is 0 Å². The Balaban J connectivity index is 1.19. The van der Waals surface area contributed by atoms with Crippen molar-refractivity contribution in [2.45, 2.75) is 83.0 Å². The molecule has 9 nitrogen and oxygen atoms in total. The van der Waals surface area contributed by atoms with Gasteiger partial charge in [0.25, 0.3) is 0 Å². The standard InChI is InChI=1S/C27H38N8O/c1-18(2)34-12-11-33(16-19(34)3)21-7-8-23(28-15-21)31-26-29-14-20-13-22-25(36)30-17-27(9-5-4-6-10-27)35(22)24(20)32-26/h7-8,14-15,18-19,22H,4-6,9-13,16-17H2,1-3H3,(H,30,36)(H,28,29,31,32)/t19-,22?/m1/s1. The molecule has 1 amide bonds. The van der Waals surface area contributed by atoms with Crippen molar-refractivity contribution in [2.24, 2.45) is 0 Å². The summed E-state index contributed by atoms with van der Waals surface area (Å²) in [6.45, 7) is 10.6. The first-order valence-electron chi connectivity index (χ1n) is 13.6. The molecule has 3 fully saturated rings. The zero-order valence-electron chi connectivity index (χ0n) is 21.7. The van der Waals surface area contributed by atoms with Crippen molar-refractivity contribution in [3.05, 3.63) is 30.1 Å². The molecule has 1 aliphatic carbocycles. The summed E-state index contributed by atoms with van der Waals surface area (Å²) < 4.78 is 0. The highest BCUT2D eigenvalue weighted by molar-refractivity contribution is 5.90. The molecule has 2 aromatic rings. The molecule has 1 unspecified atom stereocenters. The van der Waals surface area contributed by atoms with Crippen molar-refractivity contribution in [3.8, 4) is 0 Å². The lowest BCUT2D eigenvalue weighted by Gasteiger charge is -2.51. The number of piperazine rings is 2. The van der Waals surface area contributed by atoms with Gasteiger partial charge in [0.05, 0.1) is 17.4 Å². The smallest absolute Gasteiger partial charge is 0.243 e. The van der Waals surface area contributed by atoms with Gasteiger partial charge in [0, 0.05) is 56.4 Å². The maximum Gasteiger partial charge on any atom is 0.243 e. The third-order valence-electron chi connectivity index (χ3n) is 8.68. The minimum Gasteiger partial charge on any atom is -0.367 e. The summed E-state index contributed by atoms with van der Waals surface area (Å²) in [7, 11) is 0. The average Bonchev–Trinajstić information content (AvgIpc) is 3.28. The van der Waals surface area contributed by atoms with E-state index in [2.05, 4.69) is 62.1 Å². The van der Waals surface area contributed by atoms with Gasteiger partial charge in [-0.3, -0.25) is 9.69 Å². The van der Waals surface area contributed by atoms with Crippen LogP contribution in [-0.2, 0) is 11.2 Å². The molecule has 36 heavy (non-hydrogen) atoms. The monoisotopic (exact) mass is 490 g/mol. The number of nitrogens with zero attached hydrogens (tertiary/aromatic N) is 6. The maximum atomic E-state index is 12.7. The number of pyridine rings is 1. The van der Waals surface area contributed by atoms with Crippen LogP contribution in [0.2, 0.25) is 0 Å². The predicted molar refractivity (Wildman–Crippen MR) is 142 cm³/mol. The summed E-state index contributed by atoms with van der Waals surface area (Å²) in [5, 5.41) is 6.49. The van der Waals surface area contributed by atoms with Crippen LogP contribution in [0, 0.1) is 0 Å². The summed E-state index contributed by atoms with van der Waals surface area (Å²) in [4.78, 5) is 34.2. The zero-order chi connectivity index (χ0) is 24.9. The zero-order valence-corrected chi connectivity index (χ0v) is 21.7. The second-order valence-corrected chi connectivity index (χ2v) is 11.3. The van der Waals surface area contributed by atoms with Gasteiger partial charge in [-0.15, -0.1) is 0 Å². The van der Waals surface area contributed by atoms with Crippen LogP contribution in [0.1, 0.15) is 58.4 Å². The lowest BCUT2D eigenvalue weighted by atomic mass is 9.78. The second kappa shape index (κ2) is 9.18. The first-order chi connectivity index (χ1) is 17.4. The molecule has 1 spiro atoms. The predicted octanol–water partition coefficient (Wildman–Crippen LogP) is 3.10. The molecule has 5 heterocycles. The van der Waals surface area contributed by atoms with Crippen molar-refractivity contribution in [1.82, 2.24) is 25.2 Å². The molecule has 2 atom stereocenters. The molecule has 1 saturated carbocycles. The van der Waals surface area contributed by atoms with E-state index < -0.39 is 0 Å². The number of fused-ring (bicyclic) bond motifs is 4. The average molecular weight is 491 g/mol. The topological polar surface area (TPSA) is 89.5 Å².